The second kappa shape index (κ2) is 17.4. The molecule has 70 heavy (non-hydrogen) atoms. The van der Waals surface area contributed by atoms with Crippen molar-refractivity contribution in [2.24, 2.45) is 0 Å². The lowest BCUT2D eigenvalue weighted by atomic mass is 9.87. The Morgan fingerprint density at radius 2 is 1.39 bits per heavy atom. The molecule has 2 saturated carbocycles. The summed E-state index contributed by atoms with van der Waals surface area (Å²) in [5.41, 5.74) is 2.00. The first-order chi connectivity index (χ1) is 33.1. The van der Waals surface area contributed by atoms with E-state index in [0.717, 1.165) is 5.56 Å². The number of pyridine rings is 1. The fourth-order valence-corrected chi connectivity index (χ4v) is 8.96. The minimum absolute atomic E-state index is 0.00273. The van der Waals surface area contributed by atoms with Gasteiger partial charge in [0.1, 0.15) is 17.4 Å². The lowest BCUT2D eigenvalue weighted by Gasteiger charge is -2.25. The molecule has 0 spiro atoms. The first-order valence-corrected chi connectivity index (χ1v) is 22.2. The van der Waals surface area contributed by atoms with Gasteiger partial charge in [0, 0.05) is 28.5 Å². The topological polar surface area (TPSA) is 199 Å². The Bertz CT molecular complexity index is 3090. The van der Waals surface area contributed by atoms with E-state index in [-0.39, 0.29) is 65.4 Å². The number of halogens is 5. The summed E-state index contributed by atoms with van der Waals surface area (Å²) >= 11 is 0. The molecular formula is C51H46F5N3O11. The highest BCUT2D eigenvalue weighted by Crippen LogP contribution is 2.54. The molecule has 1 atom stereocenters. The van der Waals surface area contributed by atoms with E-state index in [2.05, 4.69) is 29.2 Å². The number of nitrogens with one attached hydrogen (secondary N) is 1. The molecule has 2 aliphatic heterocycles. The van der Waals surface area contributed by atoms with Crippen LogP contribution in [0.25, 0.3) is 22.2 Å². The third-order valence-corrected chi connectivity index (χ3v) is 13.2. The number of alkyl halides is 4. The molecule has 2 fully saturated rings. The molecule has 0 unspecified atom stereocenters. The number of aromatic carboxylic acids is 1. The Labute approximate surface area is 396 Å². The fraction of sp³-hybridized carbons (Fsp3) is 0.333. The second-order valence-corrected chi connectivity index (χ2v) is 18.6. The molecule has 0 bridgehead atoms. The smallest absolute Gasteiger partial charge is 0.478 e. The summed E-state index contributed by atoms with van der Waals surface area (Å²) in [7, 11) is 0. The molecule has 19 heteroatoms. The number of aliphatic hydroxyl groups is 3. The standard InChI is InChI=1S/C27H28F3NO6.C24H18F2N2O5/c1-25(2,14-33)23-8-16-7-15(19(28)11-20(16)31(23)12-18(34)13-32)9-24(35)26(5-6-26)17-3-4-21-22(10-17)37-27(29,30)36-21;1-13-5-8-19(27-20(13)14-3-2-4-15(11-14)21(29)30)28-22(31)23(9-10-23)16-6-7-17-18(12-16)33-24(25,26)32-17/h3-4,7-8,10-11,18,32-34H,5-6,9,12-14H2,1-2H3;2-8,11-12H,9-10H2,1H3,(H,29,30)(H,27,28,31)/t18-;/m0./s1. The number of carbonyl (C=O) groups is 3. The number of carboxylic acids is 1. The van der Waals surface area contributed by atoms with Gasteiger partial charge in [-0.15, -0.1) is 17.6 Å². The number of carbonyl (C=O) groups excluding carboxylic acids is 2. The Hall–Kier alpha value is -7.09. The van der Waals surface area contributed by atoms with Gasteiger partial charge >= 0.3 is 18.6 Å². The number of rotatable bonds is 14. The Morgan fingerprint density at radius 3 is 1.96 bits per heavy atom. The zero-order valence-corrected chi connectivity index (χ0v) is 37.8. The zero-order valence-electron chi connectivity index (χ0n) is 37.8. The highest BCUT2D eigenvalue weighted by Gasteiger charge is 2.54. The van der Waals surface area contributed by atoms with Crippen LogP contribution in [0.4, 0.5) is 27.8 Å². The third-order valence-electron chi connectivity index (χ3n) is 13.2. The number of nitrogens with zero attached hydrogens (tertiary/aromatic N) is 2. The van der Waals surface area contributed by atoms with Gasteiger partial charge in [-0.05, 0) is 116 Å². The number of Topliss-reactive ketones (excluding diaryl/α,β-unsaturated/α-hetero) is 1. The van der Waals surface area contributed by atoms with E-state index in [1.807, 2.05) is 20.8 Å². The number of ether oxygens (including phenoxy) is 4. The van der Waals surface area contributed by atoms with E-state index in [1.54, 1.807) is 53.1 Å². The zero-order chi connectivity index (χ0) is 50.1. The number of carboxylic acid groups (broad SMARTS) is 1. The minimum atomic E-state index is -3.76. The first-order valence-electron chi connectivity index (χ1n) is 22.2. The summed E-state index contributed by atoms with van der Waals surface area (Å²) < 4.78 is 88.4. The van der Waals surface area contributed by atoms with Crippen molar-refractivity contribution in [1.82, 2.24) is 9.55 Å². The van der Waals surface area contributed by atoms with Gasteiger partial charge in [-0.2, -0.15) is 0 Å². The Balaban J connectivity index is 0.000000175. The van der Waals surface area contributed by atoms with E-state index >= 15 is 4.39 Å². The number of aliphatic hydroxyl groups excluding tert-OH is 3. The molecule has 4 heterocycles. The molecule has 1 amide bonds. The molecule has 0 saturated heterocycles. The normalized spacial score (nSPS) is 17.6. The molecule has 2 aromatic heterocycles. The molecular weight excluding hydrogens is 926 g/mol. The van der Waals surface area contributed by atoms with E-state index in [4.69, 9.17) is 0 Å². The second-order valence-electron chi connectivity index (χ2n) is 18.6. The number of hydrogen-bond donors (Lipinski definition) is 5. The summed E-state index contributed by atoms with van der Waals surface area (Å²) in [6, 6.07) is 23.2. The fourth-order valence-electron chi connectivity index (χ4n) is 8.96. The quantitative estimate of drug-likeness (QED) is 0.0656. The van der Waals surface area contributed by atoms with Crippen molar-refractivity contribution in [1.29, 1.82) is 0 Å². The van der Waals surface area contributed by atoms with E-state index in [9.17, 15) is 52.4 Å². The molecule has 14 nitrogen and oxygen atoms in total. The minimum Gasteiger partial charge on any atom is -0.478 e. The van der Waals surface area contributed by atoms with E-state index in [1.165, 1.54) is 42.5 Å². The van der Waals surface area contributed by atoms with Crippen molar-refractivity contribution in [2.75, 3.05) is 18.5 Å². The summed E-state index contributed by atoms with van der Waals surface area (Å²) in [5, 5.41) is 42.0. The maximum atomic E-state index is 15.3. The molecule has 366 valence electrons. The Kier molecular flexibility index (Phi) is 11.9. The van der Waals surface area contributed by atoms with Crippen LogP contribution < -0.4 is 24.3 Å². The van der Waals surface area contributed by atoms with Gasteiger partial charge in [-0.1, -0.05) is 44.2 Å². The molecule has 5 N–H and O–H groups in total. The predicted octanol–water partition coefficient (Wildman–Crippen LogP) is 8.32. The van der Waals surface area contributed by atoms with Crippen molar-refractivity contribution in [3.8, 4) is 34.3 Å². The maximum absolute atomic E-state index is 15.3. The summed E-state index contributed by atoms with van der Waals surface area (Å²) in [4.78, 5) is 42.4. The van der Waals surface area contributed by atoms with E-state index in [0.29, 0.717) is 70.5 Å². The number of aryl methyl sites for hydroxylation is 1. The lowest BCUT2D eigenvalue weighted by Crippen LogP contribution is -2.29. The van der Waals surface area contributed by atoms with Crippen molar-refractivity contribution >= 4 is 34.4 Å². The van der Waals surface area contributed by atoms with Crippen LogP contribution >= 0.6 is 0 Å². The van der Waals surface area contributed by atoms with Crippen LogP contribution in [0.15, 0.2) is 91.0 Å². The van der Waals surface area contributed by atoms with Gasteiger partial charge < -0.3 is 49.3 Å². The SMILES string of the molecule is CC(C)(CO)c1cc2cc(CC(=O)C3(c4ccc5c(c4)OC(F)(F)O5)CC3)c(F)cc2n1C[C@H](O)CO.Cc1ccc(NC(=O)C2(c3ccc4c(c3)OC(F)(F)O4)CC2)nc1-c1cccc(C(=O)O)c1. The van der Waals surface area contributed by atoms with Crippen molar-refractivity contribution in [2.45, 2.75) is 94.4 Å². The van der Waals surface area contributed by atoms with Crippen molar-refractivity contribution in [3.05, 3.63) is 130 Å². The number of amides is 1. The number of ketones is 1. The average Bonchev–Trinajstić information content (AvgIpc) is 4.22. The molecule has 4 aliphatic rings. The summed E-state index contributed by atoms with van der Waals surface area (Å²) in [6.07, 6.45) is -6.64. The number of hydrogen-bond acceptors (Lipinski definition) is 11. The van der Waals surface area contributed by atoms with Gasteiger partial charge in [0.2, 0.25) is 5.91 Å². The van der Waals surface area contributed by atoms with Crippen LogP contribution in [0.5, 0.6) is 23.0 Å². The van der Waals surface area contributed by atoms with Gasteiger partial charge in [0.25, 0.3) is 0 Å². The van der Waals surface area contributed by atoms with E-state index < -0.39 is 53.3 Å². The van der Waals surface area contributed by atoms with Crippen molar-refractivity contribution < 1.29 is 75.7 Å². The third kappa shape index (κ3) is 9.11. The van der Waals surface area contributed by atoms with Crippen LogP contribution in [0.2, 0.25) is 0 Å². The van der Waals surface area contributed by atoms with Crippen LogP contribution in [-0.4, -0.2) is 79.5 Å². The number of anilines is 1. The summed E-state index contributed by atoms with van der Waals surface area (Å²) in [5.74, 6) is -2.31. The molecule has 2 aliphatic carbocycles. The molecule has 10 rings (SSSR count). The lowest BCUT2D eigenvalue weighted by molar-refractivity contribution is -0.287. The predicted molar refractivity (Wildman–Crippen MR) is 241 cm³/mol. The van der Waals surface area contributed by atoms with Crippen LogP contribution in [-0.2, 0) is 38.8 Å². The maximum Gasteiger partial charge on any atom is 0.586 e. The molecule has 6 aromatic rings. The largest absolute Gasteiger partial charge is 0.586 e. The number of benzene rings is 4. The van der Waals surface area contributed by atoms with Gasteiger partial charge in [-0.25, -0.2) is 14.2 Å². The van der Waals surface area contributed by atoms with Crippen LogP contribution in [0.1, 0.15) is 77.8 Å². The Morgan fingerprint density at radius 1 is 0.786 bits per heavy atom. The average molecular weight is 972 g/mol. The van der Waals surface area contributed by atoms with Gasteiger partial charge in [0.15, 0.2) is 23.0 Å². The van der Waals surface area contributed by atoms with Crippen LogP contribution in [0.3, 0.4) is 0 Å². The number of fused-ring (bicyclic) bond motifs is 3. The van der Waals surface area contributed by atoms with Gasteiger partial charge in [-0.3, -0.25) is 9.59 Å². The molecule has 0 radical (unpaired) electrons. The van der Waals surface area contributed by atoms with Crippen LogP contribution in [0, 0.1) is 12.7 Å². The van der Waals surface area contributed by atoms with Crippen molar-refractivity contribution in [3.63, 3.8) is 0 Å². The highest BCUT2D eigenvalue weighted by atomic mass is 19.3. The summed E-state index contributed by atoms with van der Waals surface area (Å²) in [6.45, 7) is 4.78. The number of aromatic nitrogens is 2. The monoisotopic (exact) mass is 971 g/mol. The first kappa shape index (κ1) is 48.0. The molecule has 4 aromatic carbocycles. The highest BCUT2D eigenvalue weighted by molar-refractivity contribution is 6.01. The van der Waals surface area contributed by atoms with Gasteiger partial charge in [0.05, 0.1) is 53.5 Å².